The van der Waals surface area contributed by atoms with Crippen LogP contribution in [0.25, 0.3) is 0 Å². The molecule has 1 atom stereocenters. The Balaban J connectivity index is 1.91. The molecule has 31 heavy (non-hydrogen) atoms. The summed E-state index contributed by atoms with van der Waals surface area (Å²) in [5, 5.41) is 5.54. The molecule has 2 N–H and O–H groups in total. The van der Waals surface area contributed by atoms with Crippen LogP contribution in [0, 0.1) is 5.92 Å². The maximum Gasteiger partial charge on any atom is 0.326 e. The molecule has 4 amide bonds. The van der Waals surface area contributed by atoms with E-state index in [9.17, 15) is 19.2 Å². The fourth-order valence-corrected chi connectivity index (χ4v) is 3.68. The van der Waals surface area contributed by atoms with Gasteiger partial charge in [-0.1, -0.05) is 58.9 Å². The van der Waals surface area contributed by atoms with Crippen LogP contribution in [0.15, 0.2) is 24.3 Å². The molecule has 0 spiro atoms. The van der Waals surface area contributed by atoms with Crippen LogP contribution in [0.2, 0.25) is 0 Å². The van der Waals surface area contributed by atoms with Gasteiger partial charge in [0, 0.05) is 0 Å². The van der Waals surface area contributed by atoms with Crippen molar-refractivity contribution in [2.24, 2.45) is 5.92 Å². The molecule has 170 valence electrons. The largest absolute Gasteiger partial charge is 0.454 e. The lowest BCUT2D eigenvalue weighted by atomic mass is 9.93. The molecule has 8 nitrogen and oxygen atoms in total. The second-order valence-corrected chi connectivity index (χ2v) is 8.16. The average molecular weight is 432 g/mol. The van der Waals surface area contributed by atoms with Crippen LogP contribution in [-0.2, 0) is 25.5 Å². The van der Waals surface area contributed by atoms with E-state index in [0.29, 0.717) is 12.8 Å². The highest BCUT2D eigenvalue weighted by Gasteiger charge is 2.49. The SMILES string of the molecule is CCc1ccc([C@H](NC(=O)COC(=O)CN2C(=O)NC(CC)(CC)C2=O)C(C)C)cc1. The van der Waals surface area contributed by atoms with E-state index in [2.05, 4.69) is 17.6 Å². The van der Waals surface area contributed by atoms with Gasteiger partial charge in [-0.3, -0.25) is 19.3 Å². The van der Waals surface area contributed by atoms with Gasteiger partial charge in [0.05, 0.1) is 6.04 Å². The van der Waals surface area contributed by atoms with Crippen LogP contribution in [0.1, 0.15) is 64.6 Å². The molecule has 1 aliphatic rings. The summed E-state index contributed by atoms with van der Waals surface area (Å²) >= 11 is 0. The summed E-state index contributed by atoms with van der Waals surface area (Å²) in [5.41, 5.74) is 1.20. The Kier molecular flexibility index (Phi) is 8.19. The molecule has 1 heterocycles. The molecule has 8 heteroatoms. The number of carbonyl (C=O) groups excluding carboxylic acids is 4. The number of nitrogens with zero attached hydrogens (tertiary/aromatic N) is 1. The number of hydrogen-bond acceptors (Lipinski definition) is 5. The minimum Gasteiger partial charge on any atom is -0.454 e. The highest BCUT2D eigenvalue weighted by molar-refractivity contribution is 6.08. The lowest BCUT2D eigenvalue weighted by Gasteiger charge is -2.23. The Labute approximate surface area is 183 Å². The number of nitrogens with one attached hydrogen (secondary N) is 2. The average Bonchev–Trinajstić information content (AvgIpc) is 3.00. The molecule has 0 saturated carbocycles. The first-order valence-electron chi connectivity index (χ1n) is 10.8. The third-order valence-electron chi connectivity index (χ3n) is 5.83. The van der Waals surface area contributed by atoms with Crippen molar-refractivity contribution in [3.63, 3.8) is 0 Å². The topological polar surface area (TPSA) is 105 Å². The second-order valence-electron chi connectivity index (χ2n) is 8.16. The molecule has 1 aromatic carbocycles. The Morgan fingerprint density at radius 1 is 1.10 bits per heavy atom. The van der Waals surface area contributed by atoms with Crippen LogP contribution in [0.3, 0.4) is 0 Å². The van der Waals surface area contributed by atoms with Crippen molar-refractivity contribution in [3.8, 4) is 0 Å². The third-order valence-corrected chi connectivity index (χ3v) is 5.83. The normalized spacial score (nSPS) is 16.3. The van der Waals surface area contributed by atoms with Crippen LogP contribution in [0.5, 0.6) is 0 Å². The van der Waals surface area contributed by atoms with E-state index >= 15 is 0 Å². The van der Waals surface area contributed by atoms with E-state index in [0.717, 1.165) is 16.9 Å². The third kappa shape index (κ3) is 5.62. The summed E-state index contributed by atoms with van der Waals surface area (Å²) in [4.78, 5) is 50.1. The van der Waals surface area contributed by atoms with Gasteiger partial charge in [0.25, 0.3) is 11.8 Å². The number of amides is 4. The van der Waals surface area contributed by atoms with Crippen molar-refractivity contribution in [1.29, 1.82) is 0 Å². The lowest BCUT2D eigenvalue weighted by molar-refractivity contribution is -0.151. The van der Waals surface area contributed by atoms with Crippen LogP contribution in [-0.4, -0.2) is 47.4 Å². The van der Waals surface area contributed by atoms with Gasteiger partial charge in [-0.2, -0.15) is 0 Å². The van der Waals surface area contributed by atoms with Crippen molar-refractivity contribution in [1.82, 2.24) is 15.5 Å². The van der Waals surface area contributed by atoms with Gasteiger partial charge in [-0.15, -0.1) is 0 Å². The molecule has 1 fully saturated rings. The van der Waals surface area contributed by atoms with Crippen LogP contribution >= 0.6 is 0 Å². The molecule has 0 aliphatic carbocycles. The van der Waals surface area contributed by atoms with Gasteiger partial charge in [-0.25, -0.2) is 4.79 Å². The fourth-order valence-electron chi connectivity index (χ4n) is 3.68. The van der Waals surface area contributed by atoms with Crippen molar-refractivity contribution >= 4 is 23.8 Å². The van der Waals surface area contributed by atoms with Crippen molar-refractivity contribution in [3.05, 3.63) is 35.4 Å². The molecule has 0 unspecified atom stereocenters. The summed E-state index contributed by atoms with van der Waals surface area (Å²) in [6.45, 7) is 8.67. The van der Waals surface area contributed by atoms with Crippen LogP contribution in [0.4, 0.5) is 4.79 Å². The highest BCUT2D eigenvalue weighted by atomic mass is 16.5. The first kappa shape index (κ1) is 24.4. The number of hydrogen-bond donors (Lipinski definition) is 2. The fraction of sp³-hybridized carbons (Fsp3) is 0.565. The molecule has 2 rings (SSSR count). The summed E-state index contributed by atoms with van der Waals surface area (Å²) in [7, 11) is 0. The van der Waals surface area contributed by atoms with Gasteiger partial charge in [-0.05, 0) is 36.3 Å². The smallest absolute Gasteiger partial charge is 0.326 e. The Bertz CT molecular complexity index is 815. The predicted molar refractivity (Wildman–Crippen MR) is 116 cm³/mol. The van der Waals surface area contributed by atoms with E-state index < -0.39 is 42.5 Å². The van der Waals surface area contributed by atoms with Crippen molar-refractivity contribution in [2.45, 2.75) is 65.5 Å². The first-order valence-corrected chi connectivity index (χ1v) is 10.8. The molecule has 0 aromatic heterocycles. The lowest BCUT2D eigenvalue weighted by Crippen LogP contribution is -2.46. The number of urea groups is 1. The van der Waals surface area contributed by atoms with Gasteiger partial charge in [0.2, 0.25) is 0 Å². The zero-order valence-corrected chi connectivity index (χ0v) is 19.0. The highest BCUT2D eigenvalue weighted by Crippen LogP contribution is 2.25. The Morgan fingerprint density at radius 3 is 2.19 bits per heavy atom. The number of ether oxygens (including phenoxy) is 1. The molecule has 1 aromatic rings. The number of carbonyl (C=O) groups is 4. The van der Waals surface area contributed by atoms with Crippen molar-refractivity contribution in [2.75, 3.05) is 13.2 Å². The number of aryl methyl sites for hydroxylation is 1. The number of benzene rings is 1. The molecule has 0 radical (unpaired) electrons. The van der Waals surface area contributed by atoms with Gasteiger partial charge in [0.1, 0.15) is 12.1 Å². The Hall–Kier alpha value is -2.90. The van der Waals surface area contributed by atoms with Gasteiger partial charge in [0.15, 0.2) is 6.61 Å². The maximum atomic E-state index is 12.6. The van der Waals surface area contributed by atoms with Gasteiger partial charge >= 0.3 is 12.0 Å². The Morgan fingerprint density at radius 2 is 1.71 bits per heavy atom. The van der Waals surface area contributed by atoms with E-state index in [-0.39, 0.29) is 12.0 Å². The predicted octanol–water partition coefficient (Wildman–Crippen LogP) is 2.72. The molecular formula is C23H33N3O5. The quantitative estimate of drug-likeness (QED) is 0.438. The maximum absolute atomic E-state index is 12.6. The van der Waals surface area contributed by atoms with E-state index in [1.54, 1.807) is 13.8 Å². The number of esters is 1. The minimum absolute atomic E-state index is 0.134. The van der Waals surface area contributed by atoms with Crippen molar-refractivity contribution < 1.29 is 23.9 Å². The van der Waals surface area contributed by atoms with E-state index in [4.69, 9.17) is 4.74 Å². The van der Waals surface area contributed by atoms with Gasteiger partial charge < -0.3 is 15.4 Å². The first-order chi connectivity index (χ1) is 14.7. The monoisotopic (exact) mass is 431 g/mol. The number of rotatable bonds is 10. The molecule has 1 aliphatic heterocycles. The second kappa shape index (κ2) is 10.4. The summed E-state index contributed by atoms with van der Waals surface area (Å²) in [6, 6.07) is 7.19. The summed E-state index contributed by atoms with van der Waals surface area (Å²) in [5.74, 6) is -1.57. The molecular weight excluding hydrogens is 398 g/mol. The number of imide groups is 1. The minimum atomic E-state index is -0.980. The van der Waals surface area contributed by atoms with E-state index in [1.807, 2.05) is 38.1 Å². The van der Waals surface area contributed by atoms with Crippen LogP contribution < -0.4 is 10.6 Å². The summed E-state index contributed by atoms with van der Waals surface area (Å²) < 4.78 is 5.03. The molecule has 0 bridgehead atoms. The summed E-state index contributed by atoms with van der Waals surface area (Å²) in [6.07, 6.45) is 1.79. The zero-order valence-electron chi connectivity index (χ0n) is 19.0. The van der Waals surface area contributed by atoms with E-state index in [1.165, 1.54) is 5.56 Å². The molecule has 1 saturated heterocycles. The standard InChI is InChI=1S/C23H33N3O5/c1-6-16-9-11-17(12-10-16)20(15(4)5)24-18(27)14-31-19(28)13-26-21(29)23(7-2,8-3)25-22(26)30/h9-12,15,20H,6-8,13-14H2,1-5H3,(H,24,27)(H,25,30)/t20-/m1/s1. The zero-order chi connectivity index (χ0) is 23.2.